The molecule has 0 fully saturated rings. The molecule has 0 amide bonds. The first kappa shape index (κ1) is 10.3. The monoisotopic (exact) mass is 184 g/mol. The molecule has 1 unspecified atom stereocenters. The Bertz CT molecular complexity index is 200. The van der Waals surface area contributed by atoms with E-state index in [1.807, 2.05) is 7.05 Å². The molecule has 0 aromatic rings. The molecule has 0 radical (unpaired) electrons. The van der Waals surface area contributed by atoms with Gasteiger partial charge in [-0.1, -0.05) is 0 Å². The molecule has 1 aliphatic rings. The van der Waals surface area contributed by atoms with Gasteiger partial charge in [0.15, 0.2) is 0 Å². The molecular formula is C9H20N4. The van der Waals surface area contributed by atoms with Crippen LogP contribution in [0.1, 0.15) is 13.8 Å². The van der Waals surface area contributed by atoms with Crippen molar-refractivity contribution >= 4 is 0 Å². The van der Waals surface area contributed by atoms with Gasteiger partial charge >= 0.3 is 0 Å². The molecule has 4 N–H and O–H groups in total. The second kappa shape index (κ2) is 4.48. The van der Waals surface area contributed by atoms with E-state index in [1.54, 1.807) is 0 Å². The quantitative estimate of drug-likeness (QED) is 0.525. The first-order valence-corrected chi connectivity index (χ1v) is 4.70. The van der Waals surface area contributed by atoms with Crippen molar-refractivity contribution in [1.29, 1.82) is 0 Å². The maximum atomic E-state index is 5.52. The smallest absolute Gasteiger partial charge is 0.0558 e. The van der Waals surface area contributed by atoms with E-state index in [4.69, 9.17) is 5.73 Å². The van der Waals surface area contributed by atoms with Crippen molar-refractivity contribution in [3.63, 3.8) is 0 Å². The Hall–Kier alpha value is -0.740. The van der Waals surface area contributed by atoms with Crippen molar-refractivity contribution in [2.75, 3.05) is 26.8 Å². The fourth-order valence-electron chi connectivity index (χ4n) is 1.44. The van der Waals surface area contributed by atoms with Crippen LogP contribution in [0.4, 0.5) is 0 Å². The van der Waals surface area contributed by atoms with Crippen LogP contribution in [-0.4, -0.2) is 37.7 Å². The minimum Gasteiger partial charge on any atom is -0.385 e. The summed E-state index contributed by atoms with van der Waals surface area (Å²) in [5.74, 6) is 0. The summed E-state index contributed by atoms with van der Waals surface area (Å²) in [6.07, 6.45) is 0. The molecule has 4 nitrogen and oxygen atoms in total. The van der Waals surface area contributed by atoms with Gasteiger partial charge in [0.25, 0.3) is 0 Å². The number of rotatable bonds is 3. The van der Waals surface area contributed by atoms with E-state index in [2.05, 4.69) is 29.4 Å². The number of nitrogens with two attached hydrogens (primary N) is 1. The SMILES string of the molecule is CC1=C(C)NC(CN(C)CN)CN1. The summed E-state index contributed by atoms with van der Waals surface area (Å²) in [6, 6.07) is 0.470. The van der Waals surface area contributed by atoms with Crippen LogP contribution in [0, 0.1) is 0 Å². The number of likely N-dealkylation sites (N-methyl/N-ethyl adjacent to an activating group) is 1. The molecule has 0 aromatic carbocycles. The molecule has 4 heteroatoms. The highest BCUT2D eigenvalue weighted by molar-refractivity contribution is 5.11. The van der Waals surface area contributed by atoms with Crippen LogP contribution in [0.25, 0.3) is 0 Å². The van der Waals surface area contributed by atoms with Crippen molar-refractivity contribution in [2.45, 2.75) is 19.9 Å². The van der Waals surface area contributed by atoms with Crippen molar-refractivity contribution in [2.24, 2.45) is 5.73 Å². The minimum absolute atomic E-state index is 0.470. The van der Waals surface area contributed by atoms with Gasteiger partial charge < -0.3 is 16.4 Å². The van der Waals surface area contributed by atoms with Gasteiger partial charge in [0.2, 0.25) is 0 Å². The molecule has 1 aliphatic heterocycles. The first-order chi connectivity index (χ1) is 6.13. The molecule has 1 atom stereocenters. The van der Waals surface area contributed by atoms with Crippen molar-refractivity contribution < 1.29 is 0 Å². The number of hydrogen-bond donors (Lipinski definition) is 3. The molecule has 0 spiro atoms. The van der Waals surface area contributed by atoms with Gasteiger partial charge in [0.05, 0.1) is 6.04 Å². The number of nitrogens with one attached hydrogen (secondary N) is 2. The highest BCUT2D eigenvalue weighted by Gasteiger charge is 2.15. The second-order valence-corrected chi connectivity index (χ2v) is 3.69. The van der Waals surface area contributed by atoms with Crippen LogP contribution in [0.5, 0.6) is 0 Å². The summed E-state index contributed by atoms with van der Waals surface area (Å²) in [4.78, 5) is 2.10. The molecule has 0 saturated heterocycles. The standard InChI is InChI=1S/C9H20N4/c1-7-8(2)12-9(4-11-7)5-13(3)6-10/h9,11-12H,4-6,10H2,1-3H3. The highest BCUT2D eigenvalue weighted by Crippen LogP contribution is 2.04. The van der Waals surface area contributed by atoms with E-state index >= 15 is 0 Å². The first-order valence-electron chi connectivity index (χ1n) is 4.70. The largest absolute Gasteiger partial charge is 0.385 e. The molecule has 1 heterocycles. The van der Waals surface area contributed by atoms with Crippen molar-refractivity contribution in [3.8, 4) is 0 Å². The average molecular weight is 184 g/mol. The van der Waals surface area contributed by atoms with Crippen molar-refractivity contribution in [3.05, 3.63) is 11.4 Å². The second-order valence-electron chi connectivity index (χ2n) is 3.69. The van der Waals surface area contributed by atoms with Gasteiger partial charge in [-0.2, -0.15) is 0 Å². The Morgan fingerprint density at radius 2 is 2.15 bits per heavy atom. The Morgan fingerprint density at radius 3 is 2.69 bits per heavy atom. The molecule has 0 bridgehead atoms. The molecule has 0 saturated carbocycles. The van der Waals surface area contributed by atoms with Gasteiger partial charge in [-0.3, -0.25) is 4.90 Å². The van der Waals surface area contributed by atoms with Crippen LogP contribution >= 0.6 is 0 Å². The summed E-state index contributed by atoms with van der Waals surface area (Å²) in [7, 11) is 2.03. The normalized spacial score (nSPS) is 23.0. The summed E-state index contributed by atoms with van der Waals surface area (Å²) in [6.45, 7) is 6.75. The van der Waals surface area contributed by atoms with Crippen LogP contribution in [0.3, 0.4) is 0 Å². The third-order valence-corrected chi connectivity index (χ3v) is 2.44. The summed E-state index contributed by atoms with van der Waals surface area (Å²) in [5, 5.41) is 6.81. The van der Waals surface area contributed by atoms with Gasteiger partial charge in [-0.05, 0) is 20.9 Å². The lowest BCUT2D eigenvalue weighted by atomic mass is 10.2. The molecule has 0 aliphatic carbocycles. The van der Waals surface area contributed by atoms with Crippen LogP contribution in [0.15, 0.2) is 11.4 Å². The predicted molar refractivity (Wildman–Crippen MR) is 55.0 cm³/mol. The lowest BCUT2D eigenvalue weighted by Gasteiger charge is -2.30. The Balaban J connectivity index is 2.40. The van der Waals surface area contributed by atoms with E-state index in [0.29, 0.717) is 12.7 Å². The number of nitrogens with zero attached hydrogens (tertiary/aromatic N) is 1. The van der Waals surface area contributed by atoms with Gasteiger partial charge in [0, 0.05) is 31.2 Å². The van der Waals surface area contributed by atoms with Gasteiger partial charge in [0.1, 0.15) is 0 Å². The van der Waals surface area contributed by atoms with E-state index in [-0.39, 0.29) is 0 Å². The van der Waals surface area contributed by atoms with Gasteiger partial charge in [-0.15, -0.1) is 0 Å². The lowest BCUT2D eigenvalue weighted by molar-refractivity contribution is 0.294. The highest BCUT2D eigenvalue weighted by atomic mass is 15.2. The number of allylic oxidation sites excluding steroid dienone is 2. The van der Waals surface area contributed by atoms with Crippen molar-refractivity contribution in [1.82, 2.24) is 15.5 Å². The van der Waals surface area contributed by atoms with E-state index in [1.165, 1.54) is 11.4 Å². The fraction of sp³-hybridized carbons (Fsp3) is 0.778. The summed E-state index contributed by atoms with van der Waals surface area (Å²) in [5.41, 5.74) is 8.00. The molecule has 0 aromatic heterocycles. The molecular weight excluding hydrogens is 164 g/mol. The molecule has 76 valence electrons. The Labute approximate surface area is 80.2 Å². The zero-order valence-corrected chi connectivity index (χ0v) is 8.72. The predicted octanol–water partition coefficient (Wildman–Crippen LogP) is -0.353. The number of hydrogen-bond acceptors (Lipinski definition) is 4. The van der Waals surface area contributed by atoms with Gasteiger partial charge in [-0.25, -0.2) is 0 Å². The summed E-state index contributed by atoms with van der Waals surface area (Å²) >= 11 is 0. The maximum absolute atomic E-state index is 5.52. The average Bonchev–Trinajstić information content (AvgIpc) is 2.11. The molecule has 1 rings (SSSR count). The van der Waals surface area contributed by atoms with Crippen LogP contribution in [0.2, 0.25) is 0 Å². The minimum atomic E-state index is 0.470. The van der Waals surface area contributed by atoms with Crippen LogP contribution in [-0.2, 0) is 0 Å². The van der Waals surface area contributed by atoms with E-state index in [0.717, 1.165) is 13.1 Å². The topological polar surface area (TPSA) is 53.3 Å². The fourth-order valence-corrected chi connectivity index (χ4v) is 1.44. The Kier molecular flexibility index (Phi) is 3.57. The molecule has 13 heavy (non-hydrogen) atoms. The third-order valence-electron chi connectivity index (χ3n) is 2.44. The third kappa shape index (κ3) is 2.90. The lowest BCUT2D eigenvalue weighted by Crippen LogP contribution is -2.49. The maximum Gasteiger partial charge on any atom is 0.0558 e. The van der Waals surface area contributed by atoms with E-state index < -0.39 is 0 Å². The van der Waals surface area contributed by atoms with E-state index in [9.17, 15) is 0 Å². The summed E-state index contributed by atoms with van der Waals surface area (Å²) < 4.78 is 0. The zero-order chi connectivity index (χ0) is 9.84. The zero-order valence-electron chi connectivity index (χ0n) is 8.72. The van der Waals surface area contributed by atoms with Crippen LogP contribution < -0.4 is 16.4 Å². The Morgan fingerprint density at radius 1 is 1.46 bits per heavy atom.